The second kappa shape index (κ2) is 5.97. The SMILES string of the molecule is CNc1ccc(C(=O)Nc2ccc(C)cc2Cl)c(C)c1. The number of amides is 1. The molecule has 104 valence electrons. The lowest BCUT2D eigenvalue weighted by Crippen LogP contribution is -2.13. The Kier molecular flexibility index (Phi) is 4.30. The Labute approximate surface area is 124 Å². The summed E-state index contributed by atoms with van der Waals surface area (Å²) in [4.78, 5) is 12.3. The monoisotopic (exact) mass is 288 g/mol. The molecule has 0 aliphatic heterocycles. The van der Waals surface area contributed by atoms with E-state index in [0.29, 0.717) is 16.3 Å². The molecule has 0 unspecified atom stereocenters. The van der Waals surface area contributed by atoms with Crippen LogP contribution in [0.1, 0.15) is 21.5 Å². The third kappa shape index (κ3) is 3.11. The van der Waals surface area contributed by atoms with Gasteiger partial charge in [0.25, 0.3) is 5.91 Å². The Balaban J connectivity index is 2.24. The first-order valence-corrected chi connectivity index (χ1v) is 6.75. The van der Waals surface area contributed by atoms with Gasteiger partial charge in [-0.2, -0.15) is 0 Å². The van der Waals surface area contributed by atoms with Crippen LogP contribution < -0.4 is 10.6 Å². The van der Waals surface area contributed by atoms with Crippen molar-refractivity contribution in [3.05, 3.63) is 58.1 Å². The smallest absolute Gasteiger partial charge is 0.255 e. The van der Waals surface area contributed by atoms with E-state index in [1.807, 2.05) is 51.2 Å². The van der Waals surface area contributed by atoms with Gasteiger partial charge in [-0.05, 0) is 55.3 Å². The summed E-state index contributed by atoms with van der Waals surface area (Å²) in [5.74, 6) is -0.157. The van der Waals surface area contributed by atoms with Gasteiger partial charge in [0.15, 0.2) is 0 Å². The molecule has 0 fully saturated rings. The zero-order valence-electron chi connectivity index (χ0n) is 11.8. The van der Waals surface area contributed by atoms with Gasteiger partial charge in [0.1, 0.15) is 0 Å². The number of halogens is 1. The number of hydrogen-bond acceptors (Lipinski definition) is 2. The highest BCUT2D eigenvalue weighted by Gasteiger charge is 2.11. The number of carbonyl (C=O) groups excluding carboxylic acids is 1. The molecule has 0 radical (unpaired) electrons. The Bertz CT molecular complexity index is 653. The topological polar surface area (TPSA) is 41.1 Å². The maximum absolute atomic E-state index is 12.3. The van der Waals surface area contributed by atoms with Crippen LogP contribution in [0.4, 0.5) is 11.4 Å². The molecule has 4 heteroatoms. The zero-order valence-corrected chi connectivity index (χ0v) is 12.5. The molecule has 0 saturated carbocycles. The van der Waals surface area contributed by atoms with E-state index >= 15 is 0 Å². The second-order valence-corrected chi connectivity index (χ2v) is 5.12. The summed E-state index contributed by atoms with van der Waals surface area (Å²) in [6.07, 6.45) is 0. The standard InChI is InChI=1S/C16H17ClN2O/c1-10-4-7-15(14(17)8-10)19-16(20)13-6-5-12(18-3)9-11(13)2/h4-9,18H,1-3H3,(H,19,20). The predicted molar refractivity (Wildman–Crippen MR) is 84.9 cm³/mol. The van der Waals surface area contributed by atoms with Crippen LogP contribution in [0.25, 0.3) is 0 Å². The van der Waals surface area contributed by atoms with Gasteiger partial charge in [-0.15, -0.1) is 0 Å². The van der Waals surface area contributed by atoms with Gasteiger partial charge in [-0.25, -0.2) is 0 Å². The van der Waals surface area contributed by atoms with Gasteiger partial charge in [-0.1, -0.05) is 17.7 Å². The molecule has 20 heavy (non-hydrogen) atoms. The van der Waals surface area contributed by atoms with Crippen molar-refractivity contribution in [2.24, 2.45) is 0 Å². The number of aryl methyl sites for hydroxylation is 2. The quantitative estimate of drug-likeness (QED) is 0.886. The minimum Gasteiger partial charge on any atom is -0.388 e. The third-order valence-electron chi connectivity index (χ3n) is 3.13. The van der Waals surface area contributed by atoms with Crippen molar-refractivity contribution in [3.63, 3.8) is 0 Å². The normalized spacial score (nSPS) is 10.2. The molecule has 0 heterocycles. The largest absolute Gasteiger partial charge is 0.388 e. The van der Waals surface area contributed by atoms with Crippen LogP contribution in [0.15, 0.2) is 36.4 Å². The van der Waals surface area contributed by atoms with E-state index in [1.54, 1.807) is 6.07 Å². The van der Waals surface area contributed by atoms with Crippen molar-refractivity contribution in [2.45, 2.75) is 13.8 Å². The minimum absolute atomic E-state index is 0.157. The summed E-state index contributed by atoms with van der Waals surface area (Å²) >= 11 is 6.12. The maximum Gasteiger partial charge on any atom is 0.255 e. The van der Waals surface area contributed by atoms with E-state index in [2.05, 4.69) is 10.6 Å². The summed E-state index contributed by atoms with van der Waals surface area (Å²) in [7, 11) is 1.85. The van der Waals surface area contributed by atoms with Crippen LogP contribution in [-0.4, -0.2) is 13.0 Å². The lowest BCUT2D eigenvalue weighted by molar-refractivity contribution is 0.102. The van der Waals surface area contributed by atoms with Crippen molar-refractivity contribution < 1.29 is 4.79 Å². The number of nitrogens with one attached hydrogen (secondary N) is 2. The van der Waals surface area contributed by atoms with Crippen molar-refractivity contribution in [2.75, 3.05) is 17.7 Å². The Hall–Kier alpha value is -2.00. The Morgan fingerprint density at radius 2 is 1.85 bits per heavy atom. The molecule has 0 atom stereocenters. The molecule has 0 spiro atoms. The van der Waals surface area contributed by atoms with Gasteiger partial charge < -0.3 is 10.6 Å². The second-order valence-electron chi connectivity index (χ2n) is 4.72. The minimum atomic E-state index is -0.157. The van der Waals surface area contributed by atoms with Crippen molar-refractivity contribution in [1.29, 1.82) is 0 Å². The van der Waals surface area contributed by atoms with Crippen LogP contribution in [0.3, 0.4) is 0 Å². The summed E-state index contributed by atoms with van der Waals surface area (Å²) in [6, 6.07) is 11.2. The molecule has 2 rings (SSSR count). The number of rotatable bonds is 3. The molecule has 0 saturated heterocycles. The highest BCUT2D eigenvalue weighted by Crippen LogP contribution is 2.24. The third-order valence-corrected chi connectivity index (χ3v) is 3.45. The maximum atomic E-state index is 12.3. The van der Waals surface area contributed by atoms with Crippen molar-refractivity contribution in [3.8, 4) is 0 Å². The van der Waals surface area contributed by atoms with E-state index in [9.17, 15) is 4.79 Å². The van der Waals surface area contributed by atoms with Crippen molar-refractivity contribution >= 4 is 28.9 Å². The molecular formula is C16H17ClN2O. The molecule has 0 aliphatic rings. The molecule has 2 aromatic rings. The van der Waals surface area contributed by atoms with Crippen LogP contribution in [0.5, 0.6) is 0 Å². The fourth-order valence-electron chi connectivity index (χ4n) is 1.99. The summed E-state index contributed by atoms with van der Waals surface area (Å²) in [5.41, 5.74) is 4.22. The first kappa shape index (κ1) is 14.4. The average Bonchev–Trinajstić information content (AvgIpc) is 2.41. The van der Waals surface area contributed by atoms with Crippen LogP contribution in [0.2, 0.25) is 5.02 Å². The van der Waals surface area contributed by atoms with E-state index in [1.165, 1.54) is 0 Å². The number of anilines is 2. The highest BCUT2D eigenvalue weighted by atomic mass is 35.5. The van der Waals surface area contributed by atoms with Crippen LogP contribution >= 0.6 is 11.6 Å². The van der Waals surface area contributed by atoms with E-state index in [-0.39, 0.29) is 5.91 Å². The number of hydrogen-bond donors (Lipinski definition) is 2. The first-order chi connectivity index (χ1) is 9.51. The van der Waals surface area contributed by atoms with Gasteiger partial charge >= 0.3 is 0 Å². The van der Waals surface area contributed by atoms with Gasteiger partial charge in [0.2, 0.25) is 0 Å². The fourth-order valence-corrected chi connectivity index (χ4v) is 2.27. The molecule has 0 aliphatic carbocycles. The molecule has 1 amide bonds. The van der Waals surface area contributed by atoms with Gasteiger partial charge in [0.05, 0.1) is 10.7 Å². The highest BCUT2D eigenvalue weighted by molar-refractivity contribution is 6.34. The van der Waals surface area contributed by atoms with E-state index < -0.39 is 0 Å². The molecule has 2 aromatic carbocycles. The molecule has 3 nitrogen and oxygen atoms in total. The Morgan fingerprint density at radius 3 is 2.45 bits per heavy atom. The summed E-state index contributed by atoms with van der Waals surface area (Å²) in [6.45, 7) is 3.87. The number of benzene rings is 2. The van der Waals surface area contributed by atoms with E-state index in [4.69, 9.17) is 11.6 Å². The van der Waals surface area contributed by atoms with E-state index in [0.717, 1.165) is 16.8 Å². The predicted octanol–water partition coefficient (Wildman–Crippen LogP) is 4.25. The zero-order chi connectivity index (χ0) is 14.7. The molecular weight excluding hydrogens is 272 g/mol. The van der Waals surface area contributed by atoms with Crippen LogP contribution in [0, 0.1) is 13.8 Å². The summed E-state index contributed by atoms with van der Waals surface area (Å²) < 4.78 is 0. The molecule has 0 bridgehead atoms. The average molecular weight is 289 g/mol. The Morgan fingerprint density at radius 1 is 1.10 bits per heavy atom. The number of carbonyl (C=O) groups is 1. The van der Waals surface area contributed by atoms with Crippen molar-refractivity contribution in [1.82, 2.24) is 0 Å². The first-order valence-electron chi connectivity index (χ1n) is 6.37. The summed E-state index contributed by atoms with van der Waals surface area (Å²) in [5, 5.41) is 6.43. The molecule has 2 N–H and O–H groups in total. The van der Waals surface area contributed by atoms with Gasteiger partial charge in [0, 0.05) is 18.3 Å². The molecule has 0 aromatic heterocycles. The lowest BCUT2D eigenvalue weighted by Gasteiger charge is -2.11. The fraction of sp³-hybridized carbons (Fsp3) is 0.188. The van der Waals surface area contributed by atoms with Gasteiger partial charge in [-0.3, -0.25) is 4.79 Å². The van der Waals surface area contributed by atoms with Crippen LogP contribution in [-0.2, 0) is 0 Å². The lowest BCUT2D eigenvalue weighted by atomic mass is 10.1.